The van der Waals surface area contributed by atoms with Gasteiger partial charge in [-0.2, -0.15) is 0 Å². The van der Waals surface area contributed by atoms with Crippen molar-refractivity contribution in [1.29, 1.82) is 0 Å². The Bertz CT molecular complexity index is 560. The van der Waals surface area contributed by atoms with Gasteiger partial charge in [0.15, 0.2) is 6.61 Å². The summed E-state index contributed by atoms with van der Waals surface area (Å²) >= 11 is 8.49. The van der Waals surface area contributed by atoms with E-state index in [1.54, 1.807) is 4.90 Å². The smallest absolute Gasteiger partial charge is 0.265 e. The molecule has 0 spiro atoms. The Labute approximate surface area is 132 Å². The standard InChI is InChI=1S/C14H17BrN2O2S/c1-14(2,13(16)20)5-6-17-10-7-9(15)3-4-11(10)19-8-12(17)18/h3-4,7H,5-6,8H2,1-2H3,(H2,16,20). The zero-order valence-corrected chi connectivity index (χ0v) is 13.9. The van der Waals surface area contributed by atoms with Crippen LogP contribution in [0.5, 0.6) is 5.75 Å². The van der Waals surface area contributed by atoms with E-state index >= 15 is 0 Å². The Morgan fingerprint density at radius 3 is 2.90 bits per heavy atom. The maximum atomic E-state index is 12.1. The molecular formula is C14H17BrN2O2S. The van der Waals surface area contributed by atoms with E-state index in [1.807, 2.05) is 32.0 Å². The first kappa shape index (κ1) is 15.3. The first-order valence-electron chi connectivity index (χ1n) is 6.34. The molecule has 0 fully saturated rings. The SMILES string of the molecule is CC(C)(CCN1C(=O)COc2ccc(Br)cc21)C(N)=S. The number of nitrogens with zero attached hydrogens (tertiary/aromatic N) is 1. The van der Waals surface area contributed by atoms with Crippen LogP contribution in [0.15, 0.2) is 22.7 Å². The fraction of sp³-hybridized carbons (Fsp3) is 0.429. The molecule has 6 heteroatoms. The van der Waals surface area contributed by atoms with E-state index in [0.29, 0.717) is 18.0 Å². The summed E-state index contributed by atoms with van der Waals surface area (Å²) in [6.07, 6.45) is 0.708. The third-order valence-corrected chi connectivity index (χ3v) is 4.54. The Hall–Kier alpha value is -1.14. The lowest BCUT2D eigenvalue weighted by Gasteiger charge is -2.32. The molecule has 2 N–H and O–H groups in total. The molecule has 1 amide bonds. The summed E-state index contributed by atoms with van der Waals surface area (Å²) in [5.74, 6) is 0.676. The van der Waals surface area contributed by atoms with Crippen LogP contribution in [-0.4, -0.2) is 24.0 Å². The maximum Gasteiger partial charge on any atom is 0.265 e. The number of amides is 1. The molecule has 1 aliphatic heterocycles. The molecule has 4 nitrogen and oxygen atoms in total. The molecule has 1 aromatic rings. The van der Waals surface area contributed by atoms with E-state index in [1.165, 1.54) is 0 Å². The number of benzene rings is 1. The minimum Gasteiger partial charge on any atom is -0.482 e. The second-order valence-corrected chi connectivity index (χ2v) is 6.80. The van der Waals surface area contributed by atoms with Crippen LogP contribution in [0, 0.1) is 5.41 Å². The number of nitrogens with two attached hydrogens (primary N) is 1. The fourth-order valence-corrected chi connectivity index (χ4v) is 2.39. The van der Waals surface area contributed by atoms with Crippen LogP contribution in [0.4, 0.5) is 5.69 Å². The largest absolute Gasteiger partial charge is 0.482 e. The molecule has 0 aromatic heterocycles. The van der Waals surface area contributed by atoms with Crippen LogP contribution in [-0.2, 0) is 4.79 Å². The van der Waals surface area contributed by atoms with E-state index in [-0.39, 0.29) is 17.9 Å². The molecule has 0 saturated carbocycles. The molecule has 20 heavy (non-hydrogen) atoms. The summed E-state index contributed by atoms with van der Waals surface area (Å²) in [5, 5.41) is 0. The molecule has 2 rings (SSSR count). The average molecular weight is 357 g/mol. The van der Waals surface area contributed by atoms with Gasteiger partial charge in [0.2, 0.25) is 0 Å². The Balaban J connectivity index is 2.22. The second-order valence-electron chi connectivity index (χ2n) is 5.44. The lowest BCUT2D eigenvalue weighted by atomic mass is 9.89. The van der Waals surface area contributed by atoms with Gasteiger partial charge in [0, 0.05) is 16.4 Å². The quantitative estimate of drug-likeness (QED) is 0.842. The molecule has 0 aliphatic carbocycles. The van der Waals surface area contributed by atoms with Crippen molar-refractivity contribution in [3.05, 3.63) is 22.7 Å². The third kappa shape index (κ3) is 3.12. The Morgan fingerprint density at radius 2 is 2.25 bits per heavy atom. The molecule has 1 aromatic carbocycles. The van der Waals surface area contributed by atoms with Crippen molar-refractivity contribution in [1.82, 2.24) is 0 Å². The predicted molar refractivity (Wildman–Crippen MR) is 87.2 cm³/mol. The van der Waals surface area contributed by atoms with Gasteiger partial charge in [-0.15, -0.1) is 0 Å². The second kappa shape index (κ2) is 5.69. The first-order valence-corrected chi connectivity index (χ1v) is 7.54. The predicted octanol–water partition coefficient (Wildman–Crippen LogP) is 2.88. The molecule has 1 aliphatic rings. The van der Waals surface area contributed by atoms with Crippen LogP contribution < -0.4 is 15.4 Å². The van der Waals surface area contributed by atoms with Gasteiger partial charge in [0.25, 0.3) is 5.91 Å². The van der Waals surface area contributed by atoms with E-state index < -0.39 is 0 Å². The first-order chi connectivity index (χ1) is 9.31. The Morgan fingerprint density at radius 1 is 1.55 bits per heavy atom. The van der Waals surface area contributed by atoms with E-state index in [9.17, 15) is 4.79 Å². The average Bonchev–Trinajstić information content (AvgIpc) is 2.37. The van der Waals surface area contributed by atoms with Crippen molar-refractivity contribution in [2.75, 3.05) is 18.1 Å². The zero-order chi connectivity index (χ0) is 14.9. The summed E-state index contributed by atoms with van der Waals surface area (Å²) in [5.41, 5.74) is 6.24. The molecule has 0 saturated heterocycles. The van der Waals surface area contributed by atoms with Crippen molar-refractivity contribution in [2.45, 2.75) is 20.3 Å². The van der Waals surface area contributed by atoms with Gasteiger partial charge < -0.3 is 15.4 Å². The van der Waals surface area contributed by atoms with Crippen molar-refractivity contribution in [3.63, 3.8) is 0 Å². The summed E-state index contributed by atoms with van der Waals surface area (Å²) in [6.45, 7) is 4.61. The van der Waals surface area contributed by atoms with Gasteiger partial charge in [0.1, 0.15) is 5.75 Å². The minimum atomic E-state index is -0.278. The van der Waals surface area contributed by atoms with Gasteiger partial charge in [-0.25, -0.2) is 0 Å². The molecule has 0 unspecified atom stereocenters. The van der Waals surface area contributed by atoms with E-state index in [2.05, 4.69) is 15.9 Å². The highest BCUT2D eigenvalue weighted by Crippen LogP contribution is 2.35. The number of fused-ring (bicyclic) bond motifs is 1. The highest BCUT2D eigenvalue weighted by atomic mass is 79.9. The number of rotatable bonds is 4. The van der Waals surface area contributed by atoms with Crippen molar-refractivity contribution in [2.24, 2.45) is 11.1 Å². The number of halogens is 1. The normalized spacial score (nSPS) is 14.8. The van der Waals surface area contributed by atoms with Gasteiger partial charge in [-0.1, -0.05) is 42.0 Å². The molecule has 108 valence electrons. The topological polar surface area (TPSA) is 55.6 Å². The highest BCUT2D eigenvalue weighted by Gasteiger charge is 2.29. The van der Waals surface area contributed by atoms with Gasteiger partial charge in [0.05, 0.1) is 10.7 Å². The molecular weight excluding hydrogens is 340 g/mol. The highest BCUT2D eigenvalue weighted by molar-refractivity contribution is 9.10. The maximum absolute atomic E-state index is 12.1. The lowest BCUT2D eigenvalue weighted by Crippen LogP contribution is -2.42. The number of hydrogen-bond donors (Lipinski definition) is 1. The van der Waals surface area contributed by atoms with Crippen molar-refractivity contribution in [3.8, 4) is 5.75 Å². The number of hydrogen-bond acceptors (Lipinski definition) is 3. The zero-order valence-electron chi connectivity index (χ0n) is 11.5. The third-order valence-electron chi connectivity index (χ3n) is 3.49. The van der Waals surface area contributed by atoms with E-state index in [4.69, 9.17) is 22.7 Å². The van der Waals surface area contributed by atoms with Crippen LogP contribution >= 0.6 is 28.1 Å². The summed E-state index contributed by atoms with van der Waals surface area (Å²) in [4.78, 5) is 14.3. The monoisotopic (exact) mass is 356 g/mol. The lowest BCUT2D eigenvalue weighted by molar-refractivity contribution is -0.121. The number of thiocarbonyl (C=S) groups is 1. The van der Waals surface area contributed by atoms with Gasteiger partial charge in [-0.05, 0) is 24.6 Å². The summed E-state index contributed by atoms with van der Waals surface area (Å²) in [7, 11) is 0. The molecule has 0 bridgehead atoms. The summed E-state index contributed by atoms with van der Waals surface area (Å²) < 4.78 is 6.35. The van der Waals surface area contributed by atoms with Crippen LogP contribution in [0.25, 0.3) is 0 Å². The molecule has 1 heterocycles. The van der Waals surface area contributed by atoms with Crippen LogP contribution in [0.2, 0.25) is 0 Å². The summed E-state index contributed by atoms with van der Waals surface area (Å²) in [6, 6.07) is 5.64. The number of anilines is 1. The van der Waals surface area contributed by atoms with Crippen LogP contribution in [0.1, 0.15) is 20.3 Å². The van der Waals surface area contributed by atoms with E-state index in [0.717, 1.165) is 15.9 Å². The Kier molecular flexibility index (Phi) is 4.34. The molecule has 0 atom stereocenters. The number of carbonyl (C=O) groups is 1. The van der Waals surface area contributed by atoms with Crippen molar-refractivity contribution >= 4 is 44.7 Å². The minimum absolute atomic E-state index is 0.0469. The number of carbonyl (C=O) groups excluding carboxylic acids is 1. The van der Waals surface area contributed by atoms with Gasteiger partial charge in [-0.3, -0.25) is 4.79 Å². The number of ether oxygens (including phenoxy) is 1. The fourth-order valence-electron chi connectivity index (χ4n) is 1.93. The molecule has 0 radical (unpaired) electrons. The van der Waals surface area contributed by atoms with Crippen LogP contribution in [0.3, 0.4) is 0 Å². The van der Waals surface area contributed by atoms with Crippen molar-refractivity contribution < 1.29 is 9.53 Å². The van der Waals surface area contributed by atoms with Gasteiger partial charge >= 0.3 is 0 Å².